The predicted molar refractivity (Wildman–Crippen MR) is 99.7 cm³/mol. The van der Waals surface area contributed by atoms with E-state index >= 15 is 0 Å². The molecule has 4 rings (SSSR count). The predicted octanol–water partition coefficient (Wildman–Crippen LogP) is 3.57. The van der Waals surface area contributed by atoms with Crippen molar-refractivity contribution >= 4 is 29.0 Å². The zero-order valence-corrected chi connectivity index (χ0v) is 15.1. The van der Waals surface area contributed by atoms with Crippen LogP contribution in [-0.4, -0.2) is 29.1 Å². The number of amides is 1. The van der Waals surface area contributed by atoms with Crippen molar-refractivity contribution in [3.8, 4) is 0 Å². The van der Waals surface area contributed by atoms with Gasteiger partial charge in [-0.2, -0.15) is 0 Å². The molecule has 0 saturated carbocycles. The van der Waals surface area contributed by atoms with E-state index in [4.69, 9.17) is 17.3 Å². The Balaban J connectivity index is 1.58. The van der Waals surface area contributed by atoms with Crippen molar-refractivity contribution < 1.29 is 13.6 Å². The average molecular weight is 391 g/mol. The van der Waals surface area contributed by atoms with E-state index in [-0.39, 0.29) is 23.9 Å². The number of hydrogen-bond acceptors (Lipinski definition) is 4. The van der Waals surface area contributed by atoms with Crippen LogP contribution in [0.15, 0.2) is 41.5 Å². The molecule has 8 heteroatoms. The number of pyridine rings is 1. The van der Waals surface area contributed by atoms with Crippen LogP contribution in [0, 0.1) is 0 Å². The van der Waals surface area contributed by atoms with E-state index in [0.717, 1.165) is 11.1 Å². The second-order valence-corrected chi connectivity index (χ2v) is 7.43. The van der Waals surface area contributed by atoms with Gasteiger partial charge in [0.2, 0.25) is 0 Å². The molecular formula is C19H17ClF2N4O. The molecule has 2 aliphatic rings. The van der Waals surface area contributed by atoms with E-state index in [2.05, 4.69) is 15.3 Å². The van der Waals surface area contributed by atoms with Gasteiger partial charge < -0.3 is 11.1 Å². The van der Waals surface area contributed by atoms with Crippen molar-refractivity contribution in [1.29, 1.82) is 0 Å². The molecular weight excluding hydrogens is 374 g/mol. The third kappa shape index (κ3) is 2.96. The summed E-state index contributed by atoms with van der Waals surface area (Å²) < 4.78 is 27.3. The zero-order chi connectivity index (χ0) is 19.2. The molecule has 1 spiro atoms. The molecule has 2 atom stereocenters. The Labute approximate surface area is 159 Å². The number of halogens is 3. The molecule has 2 heterocycles. The number of rotatable bonds is 3. The molecule has 1 amide bonds. The minimum atomic E-state index is -2.17. The first-order valence-electron chi connectivity index (χ1n) is 8.52. The second kappa shape index (κ2) is 6.27. The lowest BCUT2D eigenvalue weighted by Gasteiger charge is -2.46. The number of anilines is 1. The molecule has 1 aliphatic heterocycles. The van der Waals surface area contributed by atoms with E-state index in [0.29, 0.717) is 23.6 Å². The highest BCUT2D eigenvalue weighted by atomic mass is 35.5. The van der Waals surface area contributed by atoms with Gasteiger partial charge in [0, 0.05) is 18.3 Å². The van der Waals surface area contributed by atoms with Crippen LogP contribution >= 0.6 is 11.6 Å². The summed E-state index contributed by atoms with van der Waals surface area (Å²) in [5.41, 5.74) is 5.66. The SMILES string of the molecule is NC1=N[C@]2(CC[C@@]1(F)CF)Cc1ccc(NC(=O)c3ccc(Cl)cn3)cc12. The molecule has 140 valence electrons. The first kappa shape index (κ1) is 17.9. The third-order valence-corrected chi connectivity index (χ3v) is 5.48. The number of aliphatic imine (C=N–C) groups is 1. The molecule has 0 saturated heterocycles. The summed E-state index contributed by atoms with van der Waals surface area (Å²) >= 11 is 5.78. The Morgan fingerprint density at radius 3 is 2.78 bits per heavy atom. The maximum Gasteiger partial charge on any atom is 0.274 e. The number of benzene rings is 1. The van der Waals surface area contributed by atoms with Crippen LogP contribution in [0.1, 0.15) is 34.5 Å². The lowest BCUT2D eigenvalue weighted by atomic mass is 9.66. The second-order valence-electron chi connectivity index (χ2n) is 6.99. The molecule has 1 aromatic heterocycles. The van der Waals surface area contributed by atoms with Crippen LogP contribution in [0.25, 0.3) is 0 Å². The molecule has 1 aromatic carbocycles. The van der Waals surface area contributed by atoms with Gasteiger partial charge in [-0.05, 0) is 48.2 Å². The van der Waals surface area contributed by atoms with E-state index in [1.54, 1.807) is 12.1 Å². The standard InChI is InChI=1S/C19H17ClF2N4O/c20-12-2-4-15(24-9-12)16(27)25-13-3-1-11-8-19(14(11)7-13)6-5-18(22,10-21)17(23)26-19/h1-4,7,9H,5-6,8,10H2,(H2,23,26)(H,25,27)/t18-,19-/m1/s1. The summed E-state index contributed by atoms with van der Waals surface area (Å²) in [5.74, 6) is -0.659. The normalized spacial score (nSPS) is 26.1. The van der Waals surface area contributed by atoms with E-state index in [1.165, 1.54) is 12.3 Å². The van der Waals surface area contributed by atoms with Crippen molar-refractivity contribution in [2.45, 2.75) is 30.5 Å². The Hall–Kier alpha value is -2.54. The maximum absolute atomic E-state index is 14.3. The molecule has 5 nitrogen and oxygen atoms in total. The number of nitrogens with zero attached hydrogens (tertiary/aromatic N) is 2. The van der Waals surface area contributed by atoms with Crippen molar-refractivity contribution in [1.82, 2.24) is 4.98 Å². The minimum absolute atomic E-state index is 0.0104. The van der Waals surface area contributed by atoms with E-state index < -0.39 is 17.9 Å². The number of aromatic nitrogens is 1. The van der Waals surface area contributed by atoms with Crippen LogP contribution in [0.2, 0.25) is 5.02 Å². The van der Waals surface area contributed by atoms with Crippen molar-refractivity contribution in [2.75, 3.05) is 12.0 Å². The Kier molecular flexibility index (Phi) is 4.14. The van der Waals surface area contributed by atoms with E-state index in [9.17, 15) is 13.6 Å². The fourth-order valence-corrected chi connectivity index (χ4v) is 3.74. The van der Waals surface area contributed by atoms with Gasteiger partial charge in [-0.15, -0.1) is 0 Å². The summed E-state index contributed by atoms with van der Waals surface area (Å²) in [4.78, 5) is 20.6. The number of fused-ring (bicyclic) bond motifs is 2. The van der Waals surface area contributed by atoms with Crippen molar-refractivity contribution in [3.05, 3.63) is 58.4 Å². The quantitative estimate of drug-likeness (QED) is 0.840. The van der Waals surface area contributed by atoms with Crippen molar-refractivity contribution in [3.63, 3.8) is 0 Å². The zero-order valence-electron chi connectivity index (χ0n) is 14.3. The van der Waals surface area contributed by atoms with Gasteiger partial charge >= 0.3 is 0 Å². The van der Waals surface area contributed by atoms with Gasteiger partial charge in [-0.1, -0.05) is 17.7 Å². The monoisotopic (exact) mass is 390 g/mol. The van der Waals surface area contributed by atoms with E-state index in [1.807, 2.05) is 12.1 Å². The van der Waals surface area contributed by atoms with Crippen LogP contribution in [0.3, 0.4) is 0 Å². The highest BCUT2D eigenvalue weighted by Crippen LogP contribution is 2.50. The molecule has 27 heavy (non-hydrogen) atoms. The van der Waals surface area contributed by atoms with Gasteiger partial charge in [0.1, 0.15) is 18.2 Å². The van der Waals surface area contributed by atoms with Gasteiger partial charge in [-0.3, -0.25) is 9.79 Å². The van der Waals surface area contributed by atoms with Crippen molar-refractivity contribution in [2.24, 2.45) is 10.7 Å². The third-order valence-electron chi connectivity index (χ3n) is 5.25. The number of nitrogens with one attached hydrogen (secondary N) is 1. The average Bonchev–Trinajstić information content (AvgIpc) is 2.65. The van der Waals surface area contributed by atoms with Crippen LogP contribution < -0.4 is 11.1 Å². The first-order valence-corrected chi connectivity index (χ1v) is 8.90. The Bertz CT molecular complexity index is 949. The molecule has 0 fully saturated rings. The smallest absolute Gasteiger partial charge is 0.274 e. The summed E-state index contributed by atoms with van der Waals surface area (Å²) in [6.07, 6.45) is 2.38. The molecule has 3 N–H and O–H groups in total. The number of alkyl halides is 2. The number of nitrogens with two attached hydrogens (primary N) is 1. The summed E-state index contributed by atoms with van der Waals surface area (Å²) in [5, 5.41) is 3.23. The molecule has 0 unspecified atom stereocenters. The summed E-state index contributed by atoms with van der Waals surface area (Å²) in [6, 6.07) is 8.61. The lowest BCUT2D eigenvalue weighted by Crippen LogP contribution is -2.52. The molecule has 0 radical (unpaired) electrons. The lowest BCUT2D eigenvalue weighted by molar-refractivity contribution is 0.102. The highest BCUT2D eigenvalue weighted by Gasteiger charge is 2.50. The Morgan fingerprint density at radius 2 is 2.11 bits per heavy atom. The molecule has 1 aliphatic carbocycles. The first-order chi connectivity index (χ1) is 12.8. The van der Waals surface area contributed by atoms with Crippen LogP contribution in [0.4, 0.5) is 14.5 Å². The summed E-state index contributed by atoms with van der Waals surface area (Å²) in [6.45, 7) is -1.17. The number of carbonyl (C=O) groups excluding carboxylic acids is 1. The molecule has 0 bridgehead atoms. The van der Waals surface area contributed by atoms with Crippen LogP contribution in [0.5, 0.6) is 0 Å². The van der Waals surface area contributed by atoms with Gasteiger partial charge in [0.25, 0.3) is 5.91 Å². The van der Waals surface area contributed by atoms with Crippen LogP contribution in [-0.2, 0) is 12.0 Å². The van der Waals surface area contributed by atoms with Gasteiger partial charge in [0.15, 0.2) is 5.67 Å². The topological polar surface area (TPSA) is 80.4 Å². The van der Waals surface area contributed by atoms with Gasteiger partial charge in [-0.25, -0.2) is 13.8 Å². The fraction of sp³-hybridized carbons (Fsp3) is 0.316. The number of amidine groups is 1. The maximum atomic E-state index is 14.3. The Morgan fingerprint density at radius 1 is 1.30 bits per heavy atom. The fourth-order valence-electron chi connectivity index (χ4n) is 3.63. The van der Waals surface area contributed by atoms with Gasteiger partial charge in [0.05, 0.1) is 10.6 Å². The molecule has 2 aromatic rings. The number of carbonyl (C=O) groups is 1. The minimum Gasteiger partial charge on any atom is -0.385 e. The summed E-state index contributed by atoms with van der Waals surface area (Å²) in [7, 11) is 0. The largest absolute Gasteiger partial charge is 0.385 e. The number of hydrogen-bond donors (Lipinski definition) is 2. The highest BCUT2D eigenvalue weighted by molar-refractivity contribution is 6.30.